The van der Waals surface area contributed by atoms with Gasteiger partial charge in [-0.15, -0.1) is 11.3 Å². The van der Waals surface area contributed by atoms with Crippen molar-refractivity contribution in [2.45, 2.75) is 25.8 Å². The van der Waals surface area contributed by atoms with E-state index < -0.39 is 12.6 Å². The summed E-state index contributed by atoms with van der Waals surface area (Å²) in [5.74, 6) is -1.29. The number of hydrogen-bond donors (Lipinski definition) is 1. The lowest BCUT2D eigenvalue weighted by Gasteiger charge is -2.23. The molecule has 0 unspecified atom stereocenters. The van der Waals surface area contributed by atoms with Gasteiger partial charge in [0.05, 0.1) is 16.3 Å². The second-order valence-corrected chi connectivity index (χ2v) is 6.93. The number of likely N-dealkylation sites (N-methyl/N-ethyl adjacent to an activating group) is 1. The van der Waals surface area contributed by atoms with Gasteiger partial charge in [-0.05, 0) is 19.1 Å². The van der Waals surface area contributed by atoms with Crippen molar-refractivity contribution in [1.29, 1.82) is 0 Å². The van der Waals surface area contributed by atoms with E-state index in [1.54, 1.807) is 7.05 Å². The van der Waals surface area contributed by atoms with Crippen LogP contribution in [-0.4, -0.2) is 47.0 Å². The molecule has 26 heavy (non-hydrogen) atoms. The van der Waals surface area contributed by atoms with Crippen molar-refractivity contribution in [1.82, 2.24) is 15.3 Å². The zero-order chi connectivity index (χ0) is 18.7. The van der Waals surface area contributed by atoms with Crippen molar-refractivity contribution in [2.75, 3.05) is 13.7 Å². The Morgan fingerprint density at radius 3 is 2.81 bits per heavy atom. The topological polar surface area (TPSA) is 101 Å². The average Bonchev–Trinajstić information content (AvgIpc) is 3.09. The van der Waals surface area contributed by atoms with E-state index >= 15 is 0 Å². The largest absolute Gasteiger partial charge is 0.451 e. The molecule has 0 fully saturated rings. The number of hydrazone groups is 1. The molecule has 9 heteroatoms. The van der Waals surface area contributed by atoms with Crippen LogP contribution in [-0.2, 0) is 19.1 Å². The van der Waals surface area contributed by atoms with Gasteiger partial charge in [0, 0.05) is 19.9 Å². The number of esters is 1. The Kier molecular flexibility index (Phi) is 5.27. The van der Waals surface area contributed by atoms with E-state index in [9.17, 15) is 14.4 Å². The van der Waals surface area contributed by atoms with Gasteiger partial charge in [0.1, 0.15) is 10.7 Å². The normalized spacial score (nSPS) is 15.2. The Balaban J connectivity index is 1.58. The molecule has 1 aromatic carbocycles. The second kappa shape index (κ2) is 7.61. The molecule has 0 saturated heterocycles. The van der Waals surface area contributed by atoms with E-state index in [2.05, 4.69) is 15.5 Å². The fourth-order valence-electron chi connectivity index (χ4n) is 2.38. The minimum absolute atomic E-state index is 0.110. The van der Waals surface area contributed by atoms with Crippen LogP contribution in [0.1, 0.15) is 30.8 Å². The summed E-state index contributed by atoms with van der Waals surface area (Å²) in [6, 6.07) is 7.53. The fraction of sp³-hybridized carbons (Fsp3) is 0.353. The zero-order valence-corrected chi connectivity index (χ0v) is 15.2. The molecule has 0 bridgehead atoms. The molecule has 136 valence electrons. The molecular weight excluding hydrogens is 356 g/mol. The van der Waals surface area contributed by atoms with E-state index in [1.807, 2.05) is 31.2 Å². The maximum absolute atomic E-state index is 12.3. The van der Waals surface area contributed by atoms with Gasteiger partial charge in [0.15, 0.2) is 6.61 Å². The Morgan fingerprint density at radius 2 is 2.12 bits per heavy atom. The first-order valence-corrected chi connectivity index (χ1v) is 8.91. The van der Waals surface area contributed by atoms with Crippen LogP contribution < -0.4 is 5.43 Å². The van der Waals surface area contributed by atoms with E-state index in [4.69, 9.17) is 4.74 Å². The van der Waals surface area contributed by atoms with Gasteiger partial charge in [-0.3, -0.25) is 9.59 Å². The third-order valence-electron chi connectivity index (χ3n) is 4.11. The van der Waals surface area contributed by atoms with Crippen LogP contribution in [0.2, 0.25) is 0 Å². The number of aromatic nitrogens is 1. The van der Waals surface area contributed by atoms with E-state index in [0.717, 1.165) is 15.2 Å². The molecular formula is C17H18N4O4S. The maximum Gasteiger partial charge on any atom is 0.355 e. The number of amides is 2. The van der Waals surface area contributed by atoms with Crippen LogP contribution in [0.3, 0.4) is 0 Å². The zero-order valence-electron chi connectivity index (χ0n) is 14.4. The summed E-state index contributed by atoms with van der Waals surface area (Å²) in [6.45, 7) is 1.48. The van der Waals surface area contributed by atoms with Crippen LogP contribution in [0.25, 0.3) is 10.2 Å². The first-order chi connectivity index (χ1) is 12.5. The van der Waals surface area contributed by atoms with Crippen LogP contribution >= 0.6 is 11.3 Å². The quantitative estimate of drug-likeness (QED) is 0.802. The summed E-state index contributed by atoms with van der Waals surface area (Å²) in [6.07, 6.45) is 0.382. The molecule has 8 nitrogen and oxygen atoms in total. The van der Waals surface area contributed by atoms with Gasteiger partial charge in [-0.1, -0.05) is 12.1 Å². The Hall–Kier alpha value is -2.81. The van der Waals surface area contributed by atoms with Crippen molar-refractivity contribution < 1.29 is 19.1 Å². The SMILES string of the molecule is C[C@H](c1nc2ccccc2s1)N(C)C(=O)COC(=O)C1=NNC(=O)CC1. The minimum atomic E-state index is -0.695. The molecule has 1 aliphatic heterocycles. The van der Waals surface area contributed by atoms with Gasteiger partial charge in [-0.2, -0.15) is 5.10 Å². The number of ether oxygens (including phenoxy) is 1. The van der Waals surface area contributed by atoms with Gasteiger partial charge in [-0.25, -0.2) is 15.2 Å². The summed E-state index contributed by atoms with van der Waals surface area (Å²) in [7, 11) is 1.64. The molecule has 1 N–H and O–H groups in total. The second-order valence-electron chi connectivity index (χ2n) is 5.87. The lowest BCUT2D eigenvalue weighted by atomic mass is 10.2. The summed E-state index contributed by atoms with van der Waals surface area (Å²) >= 11 is 1.53. The number of thiazole rings is 1. The number of carbonyl (C=O) groups excluding carboxylic acids is 3. The third-order valence-corrected chi connectivity index (χ3v) is 5.32. The van der Waals surface area contributed by atoms with E-state index in [1.165, 1.54) is 16.2 Å². The number of para-hydroxylation sites is 1. The third kappa shape index (κ3) is 3.88. The number of hydrogen-bond acceptors (Lipinski definition) is 7. The molecule has 2 aromatic rings. The molecule has 1 atom stereocenters. The number of nitrogens with zero attached hydrogens (tertiary/aromatic N) is 3. The summed E-state index contributed by atoms with van der Waals surface area (Å²) < 4.78 is 6.07. The van der Waals surface area contributed by atoms with Crippen molar-refractivity contribution in [3.05, 3.63) is 29.3 Å². The van der Waals surface area contributed by atoms with Crippen molar-refractivity contribution in [3.63, 3.8) is 0 Å². The predicted molar refractivity (Wildman–Crippen MR) is 96.6 cm³/mol. The first-order valence-electron chi connectivity index (χ1n) is 8.09. The molecule has 0 radical (unpaired) electrons. The van der Waals surface area contributed by atoms with E-state index in [-0.39, 0.29) is 36.4 Å². The van der Waals surface area contributed by atoms with Crippen LogP contribution in [0.4, 0.5) is 0 Å². The first kappa shape index (κ1) is 18.0. The highest BCUT2D eigenvalue weighted by atomic mass is 32.1. The lowest BCUT2D eigenvalue weighted by Crippen LogP contribution is -2.35. The average molecular weight is 374 g/mol. The number of rotatable bonds is 5. The molecule has 0 saturated carbocycles. The van der Waals surface area contributed by atoms with Gasteiger partial charge in [0.25, 0.3) is 5.91 Å². The number of nitrogens with one attached hydrogen (secondary N) is 1. The minimum Gasteiger partial charge on any atom is -0.451 e. The van der Waals surface area contributed by atoms with E-state index in [0.29, 0.717) is 0 Å². The van der Waals surface area contributed by atoms with Gasteiger partial charge in [0.2, 0.25) is 5.91 Å². The van der Waals surface area contributed by atoms with Crippen molar-refractivity contribution in [2.24, 2.45) is 5.10 Å². The number of fused-ring (bicyclic) bond motifs is 1. The highest BCUT2D eigenvalue weighted by molar-refractivity contribution is 7.18. The molecule has 0 aliphatic carbocycles. The predicted octanol–water partition coefficient (Wildman–Crippen LogP) is 1.62. The number of carbonyl (C=O) groups is 3. The smallest absolute Gasteiger partial charge is 0.355 e. The highest BCUT2D eigenvalue weighted by Crippen LogP contribution is 2.28. The molecule has 0 spiro atoms. The maximum atomic E-state index is 12.3. The summed E-state index contributed by atoms with van der Waals surface area (Å²) in [5, 5.41) is 4.46. The Labute approximate surface area is 153 Å². The van der Waals surface area contributed by atoms with Crippen molar-refractivity contribution >= 4 is 45.0 Å². The summed E-state index contributed by atoms with van der Waals surface area (Å²) in [4.78, 5) is 41.3. The van der Waals surface area contributed by atoms with Crippen LogP contribution in [0.15, 0.2) is 29.4 Å². The van der Waals surface area contributed by atoms with Crippen LogP contribution in [0.5, 0.6) is 0 Å². The number of benzene rings is 1. The molecule has 1 aromatic heterocycles. The fourth-order valence-corrected chi connectivity index (χ4v) is 3.45. The molecule has 2 amide bonds. The monoisotopic (exact) mass is 374 g/mol. The van der Waals surface area contributed by atoms with Crippen molar-refractivity contribution in [3.8, 4) is 0 Å². The lowest BCUT2D eigenvalue weighted by molar-refractivity contribution is -0.147. The molecule has 3 rings (SSSR count). The van der Waals surface area contributed by atoms with Gasteiger partial charge < -0.3 is 9.64 Å². The molecule has 2 heterocycles. The highest BCUT2D eigenvalue weighted by Gasteiger charge is 2.24. The standard InChI is InChI=1S/C17H18N4O4S/c1-10(16-18-11-5-3-4-6-13(11)26-16)21(2)15(23)9-25-17(24)12-7-8-14(22)20-19-12/h3-6,10H,7-9H2,1-2H3,(H,20,22)/t10-/m1/s1. The summed E-state index contributed by atoms with van der Waals surface area (Å²) in [5.41, 5.74) is 3.22. The van der Waals surface area contributed by atoms with Gasteiger partial charge >= 0.3 is 5.97 Å². The Bertz CT molecular complexity index is 859. The Morgan fingerprint density at radius 1 is 1.35 bits per heavy atom. The molecule has 1 aliphatic rings. The van der Waals surface area contributed by atoms with Crippen LogP contribution in [0, 0.1) is 0 Å².